The normalized spacial score (nSPS) is 10.3. The van der Waals surface area contributed by atoms with Crippen LogP contribution >= 0.6 is 0 Å². The summed E-state index contributed by atoms with van der Waals surface area (Å²) in [5.41, 5.74) is -0.0301. The highest BCUT2D eigenvalue weighted by Gasteiger charge is 2.10. The van der Waals surface area contributed by atoms with Gasteiger partial charge in [-0.1, -0.05) is 0 Å². The molecule has 0 fully saturated rings. The van der Waals surface area contributed by atoms with Gasteiger partial charge in [-0.05, 0) is 18.2 Å². The summed E-state index contributed by atoms with van der Waals surface area (Å²) in [4.78, 5) is 0. The first kappa shape index (κ1) is 7.85. The van der Waals surface area contributed by atoms with E-state index in [1.165, 1.54) is 0 Å². The van der Waals surface area contributed by atoms with Crippen LogP contribution in [0.2, 0.25) is 0 Å². The zero-order chi connectivity index (χ0) is 9.26. The minimum atomic E-state index is -0.592. The highest BCUT2D eigenvalue weighted by Crippen LogP contribution is 2.20. The van der Waals surface area contributed by atoms with E-state index >= 15 is 0 Å². The minimum Gasteiger partial charge on any atom is -0.423 e. The van der Waals surface area contributed by atoms with Crippen molar-refractivity contribution in [2.24, 2.45) is 0 Å². The Labute approximate surface area is 72.0 Å². The molecular weight excluding hydrogens is 178 g/mol. The molecule has 0 amide bonds. The monoisotopic (exact) mass is 182 g/mol. The number of hydrogen-bond donors (Lipinski definition) is 0. The van der Waals surface area contributed by atoms with Crippen molar-refractivity contribution in [3.8, 4) is 11.5 Å². The summed E-state index contributed by atoms with van der Waals surface area (Å²) in [6.07, 6.45) is 1.06. The Balaban J connectivity index is 2.57. The quantitative estimate of drug-likeness (QED) is 0.677. The Bertz CT molecular complexity index is 414. The summed E-state index contributed by atoms with van der Waals surface area (Å²) in [7, 11) is 0. The first-order valence-corrected chi connectivity index (χ1v) is 3.49. The van der Waals surface area contributed by atoms with Crippen LogP contribution < -0.4 is 0 Å². The van der Waals surface area contributed by atoms with E-state index in [2.05, 4.69) is 10.2 Å². The molecule has 0 saturated carbocycles. The number of nitrogens with zero attached hydrogens (tertiary/aromatic N) is 2. The molecule has 0 saturated heterocycles. The molecule has 0 unspecified atom stereocenters. The van der Waals surface area contributed by atoms with Gasteiger partial charge in [0, 0.05) is 0 Å². The maximum absolute atomic E-state index is 13.0. The van der Waals surface area contributed by atoms with Crippen molar-refractivity contribution in [3.05, 3.63) is 36.2 Å². The van der Waals surface area contributed by atoms with Crippen molar-refractivity contribution in [3.63, 3.8) is 0 Å². The molecule has 5 heteroatoms. The smallest absolute Gasteiger partial charge is 0.250 e. The van der Waals surface area contributed by atoms with Gasteiger partial charge in [-0.3, -0.25) is 0 Å². The highest BCUT2D eigenvalue weighted by molar-refractivity contribution is 5.53. The summed E-state index contributed by atoms with van der Waals surface area (Å²) >= 11 is 0. The molecule has 0 atom stereocenters. The van der Waals surface area contributed by atoms with Gasteiger partial charge >= 0.3 is 0 Å². The van der Waals surface area contributed by atoms with Crippen LogP contribution in [-0.2, 0) is 0 Å². The maximum Gasteiger partial charge on any atom is 0.250 e. The van der Waals surface area contributed by atoms with E-state index in [1.54, 1.807) is 0 Å². The van der Waals surface area contributed by atoms with Gasteiger partial charge in [-0.2, -0.15) is 0 Å². The van der Waals surface area contributed by atoms with E-state index in [-0.39, 0.29) is 11.5 Å². The van der Waals surface area contributed by atoms with E-state index in [0.29, 0.717) is 0 Å². The highest BCUT2D eigenvalue weighted by atomic mass is 19.1. The molecule has 0 N–H and O–H groups in total. The number of aromatic nitrogens is 2. The molecule has 0 radical (unpaired) electrons. The van der Waals surface area contributed by atoms with E-state index < -0.39 is 11.6 Å². The topological polar surface area (TPSA) is 38.9 Å². The number of halogens is 2. The standard InChI is InChI=1S/C8H4F2N2O/c9-5-1-2-7(10)6(3-5)8-12-11-4-13-8/h1-4H. The van der Waals surface area contributed by atoms with Crippen molar-refractivity contribution >= 4 is 0 Å². The molecule has 0 aliphatic carbocycles. The Morgan fingerprint density at radius 2 is 2.08 bits per heavy atom. The Kier molecular flexibility index (Phi) is 1.77. The molecule has 0 aliphatic rings. The zero-order valence-electron chi connectivity index (χ0n) is 6.37. The lowest BCUT2D eigenvalue weighted by molar-refractivity contribution is 0.553. The first-order chi connectivity index (χ1) is 6.27. The summed E-state index contributed by atoms with van der Waals surface area (Å²) in [5, 5.41) is 6.83. The third-order valence-electron chi connectivity index (χ3n) is 1.52. The Morgan fingerprint density at radius 3 is 2.77 bits per heavy atom. The molecule has 13 heavy (non-hydrogen) atoms. The fourth-order valence-electron chi connectivity index (χ4n) is 0.952. The van der Waals surface area contributed by atoms with Gasteiger partial charge in [0.05, 0.1) is 5.56 Å². The molecule has 3 nitrogen and oxygen atoms in total. The second kappa shape index (κ2) is 2.93. The largest absolute Gasteiger partial charge is 0.423 e. The molecule has 0 bridgehead atoms. The summed E-state index contributed by atoms with van der Waals surface area (Å²) < 4.78 is 30.4. The summed E-state index contributed by atoms with van der Waals surface area (Å²) in [5.74, 6) is -1.17. The molecule has 0 spiro atoms. The van der Waals surface area contributed by atoms with Crippen LogP contribution in [0.25, 0.3) is 11.5 Å². The first-order valence-electron chi connectivity index (χ1n) is 3.49. The van der Waals surface area contributed by atoms with Crippen molar-refractivity contribution < 1.29 is 13.2 Å². The summed E-state index contributed by atoms with van der Waals surface area (Å²) in [6.45, 7) is 0. The van der Waals surface area contributed by atoms with Crippen LogP contribution in [0.3, 0.4) is 0 Å². The van der Waals surface area contributed by atoms with E-state index in [1.807, 2.05) is 0 Å². The van der Waals surface area contributed by atoms with Crippen LogP contribution in [0.1, 0.15) is 0 Å². The average molecular weight is 182 g/mol. The van der Waals surface area contributed by atoms with Crippen LogP contribution in [0, 0.1) is 11.6 Å². The predicted octanol–water partition coefficient (Wildman–Crippen LogP) is 2.01. The molecule has 1 aromatic carbocycles. The van der Waals surface area contributed by atoms with Crippen molar-refractivity contribution in [1.29, 1.82) is 0 Å². The van der Waals surface area contributed by atoms with Crippen LogP contribution in [0.15, 0.2) is 29.0 Å². The minimum absolute atomic E-state index is 0.0301. The molecule has 0 aliphatic heterocycles. The zero-order valence-corrected chi connectivity index (χ0v) is 6.37. The number of benzene rings is 1. The van der Waals surface area contributed by atoms with Crippen molar-refractivity contribution in [2.45, 2.75) is 0 Å². The Hall–Kier alpha value is -1.78. The number of rotatable bonds is 1. The lowest BCUT2D eigenvalue weighted by atomic mass is 10.2. The second-order valence-corrected chi connectivity index (χ2v) is 2.37. The molecule has 66 valence electrons. The lowest BCUT2D eigenvalue weighted by Gasteiger charge is -1.96. The molecule has 2 aromatic rings. The third-order valence-corrected chi connectivity index (χ3v) is 1.52. The van der Waals surface area contributed by atoms with Crippen molar-refractivity contribution in [2.75, 3.05) is 0 Å². The van der Waals surface area contributed by atoms with Crippen LogP contribution in [-0.4, -0.2) is 10.2 Å². The fourth-order valence-corrected chi connectivity index (χ4v) is 0.952. The van der Waals surface area contributed by atoms with Gasteiger partial charge < -0.3 is 4.42 Å². The van der Waals surface area contributed by atoms with E-state index in [9.17, 15) is 8.78 Å². The SMILES string of the molecule is Fc1ccc(F)c(-c2nnco2)c1. The molecule has 1 aromatic heterocycles. The third kappa shape index (κ3) is 1.40. The van der Waals surface area contributed by atoms with Gasteiger partial charge in [0.15, 0.2) is 0 Å². The molecular formula is C8H4F2N2O. The maximum atomic E-state index is 13.0. The van der Waals surface area contributed by atoms with E-state index in [4.69, 9.17) is 4.42 Å². The second-order valence-electron chi connectivity index (χ2n) is 2.37. The van der Waals surface area contributed by atoms with E-state index in [0.717, 1.165) is 24.6 Å². The number of hydrogen-bond acceptors (Lipinski definition) is 3. The van der Waals surface area contributed by atoms with Gasteiger partial charge in [-0.25, -0.2) is 8.78 Å². The summed E-state index contributed by atoms with van der Waals surface area (Å²) in [6, 6.07) is 3.03. The molecule has 1 heterocycles. The van der Waals surface area contributed by atoms with Gasteiger partial charge in [0.25, 0.3) is 0 Å². The van der Waals surface area contributed by atoms with Gasteiger partial charge in [-0.15, -0.1) is 10.2 Å². The lowest BCUT2D eigenvalue weighted by Crippen LogP contribution is -1.86. The van der Waals surface area contributed by atoms with Crippen molar-refractivity contribution in [1.82, 2.24) is 10.2 Å². The predicted molar refractivity (Wildman–Crippen MR) is 39.7 cm³/mol. The van der Waals surface area contributed by atoms with Crippen LogP contribution in [0.5, 0.6) is 0 Å². The average Bonchev–Trinajstić information content (AvgIpc) is 2.61. The fraction of sp³-hybridized carbons (Fsp3) is 0. The van der Waals surface area contributed by atoms with Crippen LogP contribution in [0.4, 0.5) is 8.78 Å². The van der Waals surface area contributed by atoms with Gasteiger partial charge in [0.2, 0.25) is 12.3 Å². The Morgan fingerprint density at radius 1 is 1.23 bits per heavy atom. The van der Waals surface area contributed by atoms with Gasteiger partial charge in [0.1, 0.15) is 11.6 Å². The molecule has 2 rings (SSSR count).